The van der Waals surface area contributed by atoms with Crippen LogP contribution in [0, 0.1) is 11.3 Å². The Morgan fingerprint density at radius 3 is 2.71 bits per heavy atom. The first-order valence-electron chi connectivity index (χ1n) is 6.28. The van der Waals surface area contributed by atoms with Crippen LogP contribution in [-0.4, -0.2) is 18.4 Å². The molecule has 7 nitrogen and oxygen atoms in total. The van der Waals surface area contributed by atoms with Gasteiger partial charge in [-0.25, -0.2) is 0 Å². The molecule has 1 aromatic carbocycles. The molecule has 0 bridgehead atoms. The molecular weight excluding hydrogens is 349 g/mol. The van der Waals surface area contributed by atoms with Gasteiger partial charge in [0.1, 0.15) is 12.3 Å². The van der Waals surface area contributed by atoms with E-state index in [9.17, 15) is 21.6 Å². The molecule has 3 rings (SSSR count). The summed E-state index contributed by atoms with van der Waals surface area (Å²) in [6.45, 7) is 0. The second-order valence-electron chi connectivity index (χ2n) is 4.64. The fraction of sp³-hybridized carbons (Fsp3) is 0.0769. The molecule has 0 aliphatic rings. The number of nitriles is 1. The lowest BCUT2D eigenvalue weighted by molar-refractivity contribution is -0.141. The Morgan fingerprint density at radius 1 is 1.33 bits per heavy atom. The van der Waals surface area contributed by atoms with Gasteiger partial charge in [-0.2, -0.15) is 31.8 Å². The van der Waals surface area contributed by atoms with Gasteiger partial charge < -0.3 is 9.40 Å². The van der Waals surface area contributed by atoms with Crippen molar-refractivity contribution in [1.82, 2.24) is 9.97 Å². The number of para-hydroxylation sites is 1. The van der Waals surface area contributed by atoms with Crippen molar-refractivity contribution in [3.8, 4) is 6.07 Å². The Kier molecular flexibility index (Phi) is 3.49. The average molecular weight is 356 g/mol. The standard InChI is InChI=1S/C13H7F3N4O3S/c14-13(15,16)10-6-23-12(19-10)24(21,22)20-9-3-1-2-8-7(4-17)5-18-11(8)9/h1-3,5-6,18,20H. The van der Waals surface area contributed by atoms with Gasteiger partial charge >= 0.3 is 21.4 Å². The maximum atomic E-state index is 12.5. The Morgan fingerprint density at radius 2 is 2.08 bits per heavy atom. The number of nitrogens with one attached hydrogen (secondary N) is 2. The number of nitrogens with zero attached hydrogens (tertiary/aromatic N) is 2. The van der Waals surface area contributed by atoms with Gasteiger partial charge in [0.25, 0.3) is 0 Å². The molecule has 0 fully saturated rings. The minimum absolute atomic E-state index is 0.0424. The Balaban J connectivity index is 2.00. The van der Waals surface area contributed by atoms with Crippen LogP contribution in [0.25, 0.3) is 10.9 Å². The summed E-state index contributed by atoms with van der Waals surface area (Å²) in [5, 5.41) is 8.31. The number of fused-ring (bicyclic) bond motifs is 1. The van der Waals surface area contributed by atoms with Crippen molar-refractivity contribution in [1.29, 1.82) is 5.26 Å². The number of oxazole rings is 1. The topological polar surface area (TPSA) is 112 Å². The van der Waals surface area contributed by atoms with E-state index >= 15 is 0 Å². The lowest BCUT2D eigenvalue weighted by atomic mass is 10.2. The number of aromatic nitrogens is 2. The van der Waals surface area contributed by atoms with Crippen LogP contribution in [0.15, 0.2) is 40.3 Å². The average Bonchev–Trinajstić information content (AvgIpc) is 3.14. The number of hydrogen-bond donors (Lipinski definition) is 2. The molecule has 124 valence electrons. The monoisotopic (exact) mass is 356 g/mol. The molecule has 2 N–H and O–H groups in total. The van der Waals surface area contributed by atoms with Gasteiger partial charge in [-0.15, -0.1) is 0 Å². The number of hydrogen-bond acceptors (Lipinski definition) is 5. The third-order valence-corrected chi connectivity index (χ3v) is 4.22. The summed E-state index contributed by atoms with van der Waals surface area (Å²) in [5.41, 5.74) is -0.810. The van der Waals surface area contributed by atoms with E-state index in [1.165, 1.54) is 18.3 Å². The summed E-state index contributed by atoms with van der Waals surface area (Å²) in [6, 6.07) is 6.39. The molecule has 11 heteroatoms. The predicted octanol–water partition coefficient (Wildman–Crippen LogP) is 2.85. The molecule has 0 aliphatic carbocycles. The predicted molar refractivity (Wildman–Crippen MR) is 75.3 cm³/mol. The number of aromatic amines is 1. The van der Waals surface area contributed by atoms with Crippen LogP contribution < -0.4 is 4.72 Å². The lowest BCUT2D eigenvalue weighted by Gasteiger charge is -2.06. The summed E-state index contributed by atoms with van der Waals surface area (Å²) in [5.74, 6) is 0. The van der Waals surface area contributed by atoms with Crippen LogP contribution in [0.5, 0.6) is 0 Å². The van der Waals surface area contributed by atoms with Gasteiger partial charge in [0, 0.05) is 11.6 Å². The SMILES string of the molecule is N#Cc1c[nH]c2c(NS(=O)(=O)c3nc(C(F)(F)F)co3)cccc12. The Hall–Kier alpha value is -3.00. The Labute approximate surface area is 132 Å². The second kappa shape index (κ2) is 5.27. The highest BCUT2D eigenvalue weighted by molar-refractivity contribution is 7.92. The van der Waals surface area contributed by atoms with E-state index in [1.54, 1.807) is 6.07 Å². The molecule has 0 atom stereocenters. The van der Waals surface area contributed by atoms with Crippen molar-refractivity contribution in [2.75, 3.05) is 4.72 Å². The van der Waals surface area contributed by atoms with Gasteiger partial charge in [0.15, 0.2) is 5.69 Å². The van der Waals surface area contributed by atoms with Gasteiger partial charge in [-0.05, 0) is 6.07 Å². The Bertz CT molecular complexity index is 1060. The number of halogens is 3. The zero-order chi connectivity index (χ0) is 17.5. The molecule has 0 unspecified atom stereocenters. The summed E-state index contributed by atoms with van der Waals surface area (Å²) in [4.78, 5) is 5.68. The largest absolute Gasteiger partial charge is 0.436 e. The smallest absolute Gasteiger partial charge is 0.435 e. The molecular formula is C13H7F3N4O3S. The summed E-state index contributed by atoms with van der Waals surface area (Å²) < 4.78 is 68.3. The molecule has 0 saturated carbocycles. The first kappa shape index (κ1) is 15.9. The first-order valence-corrected chi connectivity index (χ1v) is 7.76. The van der Waals surface area contributed by atoms with E-state index in [0.29, 0.717) is 16.5 Å². The van der Waals surface area contributed by atoms with Crippen molar-refractivity contribution in [2.24, 2.45) is 0 Å². The van der Waals surface area contributed by atoms with E-state index < -0.39 is 27.1 Å². The van der Waals surface area contributed by atoms with Gasteiger partial charge in [-0.1, -0.05) is 12.1 Å². The van der Waals surface area contributed by atoms with Crippen LogP contribution in [0.1, 0.15) is 11.3 Å². The number of sulfonamides is 1. The van der Waals surface area contributed by atoms with Crippen molar-refractivity contribution in [3.05, 3.63) is 41.9 Å². The highest BCUT2D eigenvalue weighted by Crippen LogP contribution is 2.30. The van der Waals surface area contributed by atoms with Crippen molar-refractivity contribution >= 4 is 26.6 Å². The third-order valence-electron chi connectivity index (χ3n) is 3.08. The van der Waals surface area contributed by atoms with Crippen LogP contribution in [0.3, 0.4) is 0 Å². The van der Waals surface area contributed by atoms with E-state index in [2.05, 4.69) is 19.1 Å². The molecule has 0 aliphatic heterocycles. The van der Waals surface area contributed by atoms with E-state index in [1.807, 2.05) is 6.07 Å². The fourth-order valence-electron chi connectivity index (χ4n) is 2.03. The molecule has 2 aromatic heterocycles. The highest BCUT2D eigenvalue weighted by Gasteiger charge is 2.37. The van der Waals surface area contributed by atoms with E-state index in [-0.39, 0.29) is 12.0 Å². The van der Waals surface area contributed by atoms with Crippen molar-refractivity contribution in [3.63, 3.8) is 0 Å². The maximum Gasteiger partial charge on any atom is 0.436 e. The number of alkyl halides is 3. The lowest BCUT2D eigenvalue weighted by Crippen LogP contribution is -2.14. The maximum absolute atomic E-state index is 12.5. The number of H-pyrrole nitrogens is 1. The van der Waals surface area contributed by atoms with E-state index in [0.717, 1.165) is 0 Å². The number of benzene rings is 1. The van der Waals surface area contributed by atoms with Crippen LogP contribution in [0.2, 0.25) is 0 Å². The molecule has 2 heterocycles. The van der Waals surface area contributed by atoms with Gasteiger partial charge in [-0.3, -0.25) is 4.72 Å². The third kappa shape index (κ3) is 2.67. The molecule has 0 spiro atoms. The van der Waals surface area contributed by atoms with Crippen LogP contribution >= 0.6 is 0 Å². The number of rotatable bonds is 3. The number of anilines is 1. The fourth-order valence-corrected chi connectivity index (χ4v) is 2.97. The normalized spacial score (nSPS) is 12.2. The highest BCUT2D eigenvalue weighted by atomic mass is 32.2. The summed E-state index contributed by atoms with van der Waals surface area (Å²) >= 11 is 0. The van der Waals surface area contributed by atoms with Gasteiger partial charge in [0.05, 0.1) is 16.8 Å². The van der Waals surface area contributed by atoms with Crippen molar-refractivity contribution < 1.29 is 26.0 Å². The molecule has 0 saturated heterocycles. The van der Waals surface area contributed by atoms with Crippen LogP contribution in [-0.2, 0) is 16.2 Å². The van der Waals surface area contributed by atoms with E-state index in [4.69, 9.17) is 5.26 Å². The van der Waals surface area contributed by atoms with Crippen LogP contribution in [0.4, 0.5) is 18.9 Å². The second-order valence-corrected chi connectivity index (χ2v) is 6.20. The summed E-state index contributed by atoms with van der Waals surface area (Å²) in [7, 11) is -4.47. The molecule has 3 aromatic rings. The quantitative estimate of drug-likeness (QED) is 0.749. The van der Waals surface area contributed by atoms with Gasteiger partial charge in [0.2, 0.25) is 0 Å². The first-order chi connectivity index (χ1) is 11.2. The minimum atomic E-state index is -4.82. The summed E-state index contributed by atoms with van der Waals surface area (Å²) in [6.07, 6.45) is -3.22. The minimum Gasteiger partial charge on any atom is -0.435 e. The zero-order valence-corrected chi connectivity index (χ0v) is 12.4. The molecule has 24 heavy (non-hydrogen) atoms. The zero-order valence-electron chi connectivity index (χ0n) is 11.5. The van der Waals surface area contributed by atoms with Crippen molar-refractivity contribution in [2.45, 2.75) is 11.4 Å². The molecule has 0 amide bonds. The molecule has 0 radical (unpaired) electrons.